The van der Waals surface area contributed by atoms with Gasteiger partial charge in [-0.3, -0.25) is 24.5 Å². The van der Waals surface area contributed by atoms with Crippen LogP contribution in [0.15, 0.2) is 84.9 Å². The van der Waals surface area contributed by atoms with Crippen molar-refractivity contribution in [2.75, 3.05) is 11.9 Å². The van der Waals surface area contributed by atoms with Crippen LogP contribution >= 0.6 is 0 Å². The molecule has 5 rings (SSSR count). The van der Waals surface area contributed by atoms with Crippen LogP contribution in [0.5, 0.6) is 5.75 Å². The molecule has 1 spiro atoms. The Bertz CT molecular complexity index is 1360. The lowest BCUT2D eigenvalue weighted by Crippen LogP contribution is -2.58. The van der Waals surface area contributed by atoms with E-state index in [0.29, 0.717) is 42.8 Å². The molecular weight excluding hydrogens is 482 g/mol. The highest BCUT2D eigenvalue weighted by Gasteiger charge is 2.48. The number of Topliss-reactive ketones (excluding diaryl/α,β-unsaturated/α-hetero) is 1. The van der Waals surface area contributed by atoms with Crippen molar-refractivity contribution in [2.45, 2.75) is 37.5 Å². The number of rotatable bonds is 6. The van der Waals surface area contributed by atoms with E-state index in [0.717, 1.165) is 11.3 Å². The van der Waals surface area contributed by atoms with Crippen molar-refractivity contribution in [3.8, 4) is 5.75 Å². The Morgan fingerprint density at radius 1 is 1.05 bits per heavy atom. The number of hydrogen-bond acceptors (Lipinski definition) is 6. The second kappa shape index (κ2) is 11.0. The standard InChI is InChI=1S/C30H29N3O5/c34-26-19-30(38-27-13-11-21(17-24(26)27)12-14-28(35)32-37)15-16-33(20-22-7-3-1-4-8-22)25(18-30)29(36)31-23-9-5-2-6-10-23/h1-14,17,25,37H,15-16,18-20H2,(H,31,36)(H,32,35)/b14-12+. The molecule has 38 heavy (non-hydrogen) atoms. The zero-order chi connectivity index (χ0) is 26.5. The third kappa shape index (κ3) is 5.66. The number of ether oxygens (including phenoxy) is 1. The van der Waals surface area contributed by atoms with E-state index in [4.69, 9.17) is 9.94 Å². The number of para-hydroxylation sites is 1. The number of carbonyl (C=O) groups is 3. The van der Waals surface area contributed by atoms with Crippen LogP contribution in [0.2, 0.25) is 0 Å². The van der Waals surface area contributed by atoms with Gasteiger partial charge in [-0.15, -0.1) is 0 Å². The van der Waals surface area contributed by atoms with Crippen molar-refractivity contribution in [1.82, 2.24) is 10.4 Å². The predicted octanol–water partition coefficient (Wildman–Crippen LogP) is 4.21. The number of nitrogens with one attached hydrogen (secondary N) is 2. The highest BCUT2D eigenvalue weighted by Crippen LogP contribution is 2.42. The molecule has 1 saturated heterocycles. The van der Waals surface area contributed by atoms with E-state index in [2.05, 4.69) is 10.2 Å². The van der Waals surface area contributed by atoms with Crippen LogP contribution in [-0.4, -0.2) is 45.9 Å². The maximum Gasteiger partial charge on any atom is 0.267 e. The van der Waals surface area contributed by atoms with Gasteiger partial charge in [0.2, 0.25) is 5.91 Å². The Balaban J connectivity index is 1.39. The summed E-state index contributed by atoms with van der Waals surface area (Å²) in [4.78, 5) is 40.3. The highest BCUT2D eigenvalue weighted by molar-refractivity contribution is 6.01. The first-order valence-electron chi connectivity index (χ1n) is 12.6. The first-order valence-corrected chi connectivity index (χ1v) is 12.6. The number of fused-ring (bicyclic) bond motifs is 1. The summed E-state index contributed by atoms with van der Waals surface area (Å²) in [5.74, 6) is -0.377. The van der Waals surface area contributed by atoms with Gasteiger partial charge in [-0.25, -0.2) is 5.48 Å². The van der Waals surface area contributed by atoms with Crippen LogP contribution in [-0.2, 0) is 16.1 Å². The summed E-state index contributed by atoms with van der Waals surface area (Å²) >= 11 is 0. The topological polar surface area (TPSA) is 108 Å². The SMILES string of the molecule is O=C(/C=C/c1ccc2c(c1)C(=O)CC1(CCN(Cc3ccccc3)C(C(=O)Nc3ccccc3)C1)O2)NO. The quantitative estimate of drug-likeness (QED) is 0.260. The van der Waals surface area contributed by atoms with Crippen LogP contribution in [0.25, 0.3) is 6.08 Å². The fraction of sp³-hybridized carbons (Fsp3) is 0.233. The van der Waals surface area contributed by atoms with Crippen LogP contribution in [0, 0.1) is 0 Å². The molecule has 8 heteroatoms. The van der Waals surface area contributed by atoms with E-state index < -0.39 is 17.6 Å². The summed E-state index contributed by atoms with van der Waals surface area (Å²) in [6, 6.07) is 24.0. The molecule has 8 nitrogen and oxygen atoms in total. The Labute approximate surface area is 220 Å². The van der Waals surface area contributed by atoms with Crippen molar-refractivity contribution < 1.29 is 24.3 Å². The number of likely N-dealkylation sites (tertiary alicyclic amines) is 1. The highest BCUT2D eigenvalue weighted by atomic mass is 16.5. The van der Waals surface area contributed by atoms with Crippen LogP contribution < -0.4 is 15.5 Å². The molecule has 0 saturated carbocycles. The molecule has 1 fully saturated rings. The van der Waals surface area contributed by atoms with Crippen molar-refractivity contribution in [3.63, 3.8) is 0 Å². The number of anilines is 1. The minimum Gasteiger partial charge on any atom is -0.486 e. The van der Waals surface area contributed by atoms with E-state index in [1.165, 1.54) is 17.6 Å². The molecule has 3 N–H and O–H groups in total. The monoisotopic (exact) mass is 511 g/mol. The molecule has 2 aliphatic heterocycles. The largest absolute Gasteiger partial charge is 0.486 e. The Morgan fingerprint density at radius 2 is 1.79 bits per heavy atom. The molecule has 2 heterocycles. The predicted molar refractivity (Wildman–Crippen MR) is 143 cm³/mol. The number of benzene rings is 3. The fourth-order valence-corrected chi connectivity index (χ4v) is 5.18. The van der Waals surface area contributed by atoms with Crippen LogP contribution in [0.4, 0.5) is 5.69 Å². The number of carbonyl (C=O) groups excluding carboxylic acids is 3. The van der Waals surface area contributed by atoms with Gasteiger partial charge in [-0.2, -0.15) is 0 Å². The van der Waals surface area contributed by atoms with Crippen molar-refractivity contribution in [2.24, 2.45) is 0 Å². The molecule has 0 bridgehead atoms. The molecule has 2 unspecified atom stereocenters. The van der Waals surface area contributed by atoms with Gasteiger partial charge in [-0.1, -0.05) is 54.6 Å². The molecule has 2 aliphatic rings. The first-order chi connectivity index (χ1) is 18.4. The van der Waals surface area contributed by atoms with Gasteiger partial charge in [0, 0.05) is 37.7 Å². The van der Waals surface area contributed by atoms with Gasteiger partial charge in [0.15, 0.2) is 5.78 Å². The third-order valence-electron chi connectivity index (χ3n) is 7.08. The summed E-state index contributed by atoms with van der Waals surface area (Å²) < 4.78 is 6.49. The smallest absolute Gasteiger partial charge is 0.267 e. The van der Waals surface area contributed by atoms with Crippen molar-refractivity contribution in [1.29, 1.82) is 0 Å². The first kappa shape index (κ1) is 25.4. The van der Waals surface area contributed by atoms with E-state index in [1.54, 1.807) is 18.2 Å². The molecule has 3 aromatic carbocycles. The number of hydroxylamine groups is 1. The summed E-state index contributed by atoms with van der Waals surface area (Å²) in [5.41, 5.74) is 3.67. The molecular formula is C30H29N3O5. The van der Waals surface area contributed by atoms with Crippen LogP contribution in [0.3, 0.4) is 0 Å². The van der Waals surface area contributed by atoms with Crippen LogP contribution in [0.1, 0.15) is 40.7 Å². The van der Waals surface area contributed by atoms with Gasteiger partial charge in [0.25, 0.3) is 5.91 Å². The van der Waals surface area contributed by atoms with Gasteiger partial charge in [-0.05, 0) is 41.5 Å². The molecule has 3 aromatic rings. The minimum absolute atomic E-state index is 0.0631. The maximum absolute atomic E-state index is 13.6. The van der Waals surface area contributed by atoms with Gasteiger partial charge >= 0.3 is 0 Å². The summed E-state index contributed by atoms with van der Waals surface area (Å²) in [5, 5.41) is 11.7. The second-order valence-corrected chi connectivity index (χ2v) is 9.73. The zero-order valence-corrected chi connectivity index (χ0v) is 20.8. The molecule has 2 atom stereocenters. The third-order valence-corrected chi connectivity index (χ3v) is 7.08. The molecule has 0 radical (unpaired) electrons. The van der Waals surface area contributed by atoms with Gasteiger partial charge in [0.05, 0.1) is 18.0 Å². The van der Waals surface area contributed by atoms with E-state index in [9.17, 15) is 14.4 Å². The maximum atomic E-state index is 13.6. The lowest BCUT2D eigenvalue weighted by molar-refractivity contribution is -0.127. The summed E-state index contributed by atoms with van der Waals surface area (Å²) in [6.45, 7) is 1.22. The molecule has 2 amide bonds. The normalized spacial score (nSPS) is 21.1. The number of nitrogens with zero attached hydrogens (tertiary/aromatic N) is 1. The summed E-state index contributed by atoms with van der Waals surface area (Å²) in [7, 11) is 0. The average molecular weight is 512 g/mol. The lowest BCUT2D eigenvalue weighted by atomic mass is 9.78. The van der Waals surface area contributed by atoms with Crippen molar-refractivity contribution >= 4 is 29.4 Å². The van der Waals surface area contributed by atoms with Gasteiger partial charge in [0.1, 0.15) is 11.4 Å². The number of piperidine rings is 1. The van der Waals surface area contributed by atoms with Crippen molar-refractivity contribution in [3.05, 3.63) is 102 Å². The Hall–Kier alpha value is -4.27. The molecule has 0 aromatic heterocycles. The van der Waals surface area contributed by atoms with E-state index in [-0.39, 0.29) is 18.1 Å². The lowest BCUT2D eigenvalue weighted by Gasteiger charge is -2.47. The number of hydrogen-bond donors (Lipinski definition) is 3. The van der Waals surface area contributed by atoms with E-state index >= 15 is 0 Å². The molecule has 0 aliphatic carbocycles. The second-order valence-electron chi connectivity index (χ2n) is 9.73. The number of amides is 2. The Kier molecular flexibility index (Phi) is 7.35. The fourth-order valence-electron chi connectivity index (χ4n) is 5.18. The minimum atomic E-state index is -0.788. The zero-order valence-electron chi connectivity index (χ0n) is 20.8. The molecule has 194 valence electrons. The van der Waals surface area contributed by atoms with E-state index in [1.807, 2.05) is 60.7 Å². The average Bonchev–Trinajstić information content (AvgIpc) is 2.94. The summed E-state index contributed by atoms with van der Waals surface area (Å²) in [6.07, 6.45) is 3.84. The Morgan fingerprint density at radius 3 is 2.53 bits per heavy atom. The number of ketones is 1. The van der Waals surface area contributed by atoms with Gasteiger partial charge < -0.3 is 10.1 Å².